The Bertz CT molecular complexity index is 541. The summed E-state index contributed by atoms with van der Waals surface area (Å²) in [7, 11) is 1.79. The molecule has 3 N–H and O–H groups in total. The van der Waals surface area contributed by atoms with E-state index >= 15 is 0 Å². The molecule has 0 aromatic heterocycles. The maximum Gasteiger partial charge on any atom is 0.191 e. The van der Waals surface area contributed by atoms with Crippen molar-refractivity contribution in [1.82, 2.24) is 10.6 Å². The molecule has 1 unspecified atom stereocenters. The zero-order valence-electron chi connectivity index (χ0n) is 13.8. The molecule has 0 amide bonds. The average Bonchev–Trinajstić information content (AvgIpc) is 3.15. The van der Waals surface area contributed by atoms with Gasteiger partial charge in [0.05, 0.1) is 5.60 Å². The third-order valence-electron chi connectivity index (χ3n) is 5.12. The quantitative estimate of drug-likeness (QED) is 0.392. The predicted molar refractivity (Wildman–Crippen MR) is 106 cm³/mol. The molecule has 0 radical (unpaired) electrons. The topological polar surface area (TPSA) is 56.7 Å². The monoisotopic (exact) mass is 429 g/mol. The van der Waals surface area contributed by atoms with Gasteiger partial charge >= 0.3 is 0 Å². The van der Waals surface area contributed by atoms with E-state index in [1.165, 1.54) is 24.0 Å². The first kappa shape index (κ1) is 18.5. The Labute approximate surface area is 156 Å². The van der Waals surface area contributed by atoms with Crippen LogP contribution in [0.25, 0.3) is 0 Å². The number of rotatable bonds is 4. The van der Waals surface area contributed by atoms with Gasteiger partial charge in [0, 0.05) is 26.1 Å². The number of fused-ring (bicyclic) bond motifs is 1. The molecule has 0 bridgehead atoms. The maximum atomic E-state index is 10.4. The lowest BCUT2D eigenvalue weighted by molar-refractivity contribution is 0.0522. The van der Waals surface area contributed by atoms with Crippen molar-refractivity contribution in [2.75, 3.05) is 20.1 Å². The Hall–Kier alpha value is -0.820. The van der Waals surface area contributed by atoms with Crippen molar-refractivity contribution in [3.05, 3.63) is 35.4 Å². The molecule has 23 heavy (non-hydrogen) atoms. The van der Waals surface area contributed by atoms with Crippen molar-refractivity contribution >= 4 is 29.9 Å². The molecular formula is C18H28IN3O. The van der Waals surface area contributed by atoms with Crippen LogP contribution in [-0.2, 0) is 6.42 Å². The van der Waals surface area contributed by atoms with Gasteiger partial charge in [-0.15, -0.1) is 24.0 Å². The molecule has 0 heterocycles. The standard InChI is InChI=1S/C18H27N3O.HI/c1-19-17(21-13-18(22)10-4-5-11-18)20-12-15-9-8-14-6-2-3-7-16(14)15;/h2-3,6-7,15,22H,4-5,8-13H2,1H3,(H2,19,20,21);1H. The van der Waals surface area contributed by atoms with Crippen LogP contribution in [0.5, 0.6) is 0 Å². The third kappa shape index (κ3) is 4.59. The van der Waals surface area contributed by atoms with E-state index in [0.717, 1.165) is 38.2 Å². The van der Waals surface area contributed by atoms with E-state index in [-0.39, 0.29) is 24.0 Å². The highest BCUT2D eigenvalue weighted by Gasteiger charge is 2.31. The fourth-order valence-corrected chi connectivity index (χ4v) is 3.76. The van der Waals surface area contributed by atoms with Crippen LogP contribution in [0.15, 0.2) is 29.3 Å². The molecule has 0 saturated heterocycles. The Morgan fingerprint density at radius 1 is 1.26 bits per heavy atom. The highest BCUT2D eigenvalue weighted by Crippen LogP contribution is 2.32. The van der Waals surface area contributed by atoms with Crippen LogP contribution in [0.1, 0.15) is 49.1 Å². The molecule has 128 valence electrons. The Kier molecular flexibility index (Phi) is 6.71. The number of nitrogens with zero attached hydrogens (tertiary/aromatic N) is 1. The van der Waals surface area contributed by atoms with E-state index in [0.29, 0.717) is 12.5 Å². The molecule has 1 atom stereocenters. The van der Waals surface area contributed by atoms with E-state index in [9.17, 15) is 5.11 Å². The van der Waals surface area contributed by atoms with Gasteiger partial charge in [0.15, 0.2) is 5.96 Å². The minimum absolute atomic E-state index is 0. The second kappa shape index (κ2) is 8.33. The third-order valence-corrected chi connectivity index (χ3v) is 5.12. The van der Waals surface area contributed by atoms with E-state index in [2.05, 4.69) is 39.9 Å². The number of aliphatic hydroxyl groups is 1. The summed E-state index contributed by atoms with van der Waals surface area (Å²) in [5.41, 5.74) is 2.41. The Balaban J connectivity index is 0.00000192. The second-order valence-corrected chi connectivity index (χ2v) is 6.67. The minimum Gasteiger partial charge on any atom is -0.388 e. The molecular weight excluding hydrogens is 401 g/mol. The van der Waals surface area contributed by atoms with Gasteiger partial charge in [-0.3, -0.25) is 4.99 Å². The minimum atomic E-state index is -0.544. The van der Waals surface area contributed by atoms with Gasteiger partial charge in [0.1, 0.15) is 0 Å². The molecule has 1 saturated carbocycles. The van der Waals surface area contributed by atoms with E-state index < -0.39 is 5.60 Å². The molecule has 0 aliphatic heterocycles. The number of aryl methyl sites for hydroxylation is 1. The molecule has 1 aromatic carbocycles. The van der Waals surface area contributed by atoms with Gasteiger partial charge in [-0.1, -0.05) is 37.1 Å². The van der Waals surface area contributed by atoms with Crippen LogP contribution in [-0.4, -0.2) is 36.8 Å². The average molecular weight is 429 g/mol. The number of benzene rings is 1. The number of nitrogens with one attached hydrogen (secondary N) is 2. The number of halogens is 1. The summed E-state index contributed by atoms with van der Waals surface area (Å²) >= 11 is 0. The van der Waals surface area contributed by atoms with Gasteiger partial charge in [-0.2, -0.15) is 0 Å². The lowest BCUT2D eigenvalue weighted by atomic mass is 10.0. The fraction of sp³-hybridized carbons (Fsp3) is 0.611. The normalized spacial score (nSPS) is 22.3. The van der Waals surface area contributed by atoms with E-state index in [1.54, 1.807) is 7.05 Å². The summed E-state index contributed by atoms with van der Waals surface area (Å²) in [5.74, 6) is 1.36. The first-order valence-corrected chi connectivity index (χ1v) is 8.45. The van der Waals surface area contributed by atoms with Crippen molar-refractivity contribution in [3.63, 3.8) is 0 Å². The molecule has 1 fully saturated rings. The van der Waals surface area contributed by atoms with Crippen molar-refractivity contribution in [3.8, 4) is 0 Å². The largest absolute Gasteiger partial charge is 0.388 e. The van der Waals surface area contributed by atoms with Crippen LogP contribution >= 0.6 is 24.0 Å². The van der Waals surface area contributed by atoms with Crippen LogP contribution in [0.3, 0.4) is 0 Å². The van der Waals surface area contributed by atoms with Crippen LogP contribution in [0.4, 0.5) is 0 Å². The molecule has 0 spiro atoms. The van der Waals surface area contributed by atoms with Gasteiger partial charge in [-0.25, -0.2) is 0 Å². The first-order valence-electron chi connectivity index (χ1n) is 8.45. The first-order chi connectivity index (χ1) is 10.7. The SMILES string of the molecule is CN=C(NCC1CCc2ccccc21)NCC1(O)CCCC1.I. The Morgan fingerprint density at radius 2 is 2.00 bits per heavy atom. The predicted octanol–water partition coefficient (Wildman–Crippen LogP) is 2.80. The summed E-state index contributed by atoms with van der Waals surface area (Å²) in [6, 6.07) is 8.72. The highest BCUT2D eigenvalue weighted by molar-refractivity contribution is 14.0. The van der Waals surface area contributed by atoms with Crippen LogP contribution in [0.2, 0.25) is 0 Å². The smallest absolute Gasteiger partial charge is 0.191 e. The van der Waals surface area contributed by atoms with Crippen LogP contribution < -0.4 is 10.6 Å². The molecule has 2 aliphatic carbocycles. The number of guanidine groups is 1. The molecule has 2 aliphatic rings. The van der Waals surface area contributed by atoms with Gasteiger partial charge in [0.25, 0.3) is 0 Å². The van der Waals surface area contributed by atoms with E-state index in [1.807, 2.05) is 0 Å². The molecule has 5 heteroatoms. The molecule has 1 aromatic rings. The van der Waals surface area contributed by atoms with Crippen molar-refractivity contribution in [1.29, 1.82) is 0 Å². The highest BCUT2D eigenvalue weighted by atomic mass is 127. The zero-order valence-corrected chi connectivity index (χ0v) is 16.2. The van der Waals surface area contributed by atoms with Crippen molar-refractivity contribution < 1.29 is 5.11 Å². The van der Waals surface area contributed by atoms with E-state index in [4.69, 9.17) is 0 Å². The maximum absolute atomic E-state index is 10.4. The molecule has 4 nitrogen and oxygen atoms in total. The van der Waals surface area contributed by atoms with Crippen molar-refractivity contribution in [2.24, 2.45) is 4.99 Å². The van der Waals surface area contributed by atoms with Crippen LogP contribution in [0, 0.1) is 0 Å². The summed E-state index contributed by atoms with van der Waals surface area (Å²) in [5, 5.41) is 17.1. The number of aliphatic imine (C=N–C) groups is 1. The lowest BCUT2D eigenvalue weighted by Gasteiger charge is -2.24. The van der Waals surface area contributed by atoms with Crippen molar-refractivity contribution in [2.45, 2.75) is 50.0 Å². The summed E-state index contributed by atoms with van der Waals surface area (Å²) in [4.78, 5) is 4.28. The summed E-state index contributed by atoms with van der Waals surface area (Å²) in [6.45, 7) is 1.49. The summed E-state index contributed by atoms with van der Waals surface area (Å²) < 4.78 is 0. The van der Waals surface area contributed by atoms with Gasteiger partial charge < -0.3 is 15.7 Å². The summed E-state index contributed by atoms with van der Waals surface area (Å²) in [6.07, 6.45) is 6.42. The van der Waals surface area contributed by atoms with Gasteiger partial charge in [-0.05, 0) is 36.8 Å². The lowest BCUT2D eigenvalue weighted by Crippen LogP contribution is -2.46. The Morgan fingerprint density at radius 3 is 2.74 bits per heavy atom. The molecule has 3 rings (SSSR count). The number of hydrogen-bond donors (Lipinski definition) is 3. The zero-order chi connectivity index (χ0) is 15.4. The fourth-order valence-electron chi connectivity index (χ4n) is 3.76. The number of hydrogen-bond acceptors (Lipinski definition) is 2. The van der Waals surface area contributed by atoms with Gasteiger partial charge in [0.2, 0.25) is 0 Å². The second-order valence-electron chi connectivity index (χ2n) is 6.67.